The Hall–Kier alpha value is -4.38. The summed E-state index contributed by atoms with van der Waals surface area (Å²) in [6.07, 6.45) is 5.53. The normalized spacial score (nSPS) is 14.2. The van der Waals surface area contributed by atoms with Crippen molar-refractivity contribution in [3.8, 4) is 22.5 Å². The second-order valence-corrected chi connectivity index (χ2v) is 10.3. The molecule has 0 amide bonds. The van der Waals surface area contributed by atoms with Crippen LogP contribution in [0.25, 0.3) is 33.7 Å². The van der Waals surface area contributed by atoms with Crippen molar-refractivity contribution in [3.05, 3.63) is 80.8 Å². The van der Waals surface area contributed by atoms with Crippen LogP contribution in [-0.4, -0.2) is 53.0 Å². The Morgan fingerprint density at radius 3 is 2.42 bits per heavy atom. The van der Waals surface area contributed by atoms with Crippen LogP contribution in [0.4, 0.5) is 0 Å². The van der Waals surface area contributed by atoms with Gasteiger partial charge in [-0.15, -0.1) is 10.2 Å². The number of methoxy groups -OCH3 is 1. The maximum Gasteiger partial charge on any atom is 0.332 e. The molecule has 3 aromatic heterocycles. The highest BCUT2D eigenvalue weighted by Crippen LogP contribution is 2.34. The van der Waals surface area contributed by atoms with Gasteiger partial charge in [-0.2, -0.15) is 5.21 Å². The average Bonchev–Trinajstić information content (AvgIpc) is 3.66. The topological polar surface area (TPSA) is 126 Å². The number of rotatable bonds is 8. The zero-order chi connectivity index (χ0) is 27.6. The van der Waals surface area contributed by atoms with Gasteiger partial charge in [0.2, 0.25) is 5.82 Å². The molecule has 1 fully saturated rings. The van der Waals surface area contributed by atoms with Crippen molar-refractivity contribution < 1.29 is 4.74 Å². The fourth-order valence-electron chi connectivity index (χ4n) is 5.77. The first-order valence-electron chi connectivity index (χ1n) is 13.7. The Kier molecular flexibility index (Phi) is 7.12. The van der Waals surface area contributed by atoms with Crippen LogP contribution < -0.4 is 11.2 Å². The van der Waals surface area contributed by atoms with Gasteiger partial charge < -0.3 is 9.30 Å². The zero-order valence-electron chi connectivity index (χ0n) is 22.7. The Morgan fingerprint density at radius 1 is 0.975 bits per heavy atom. The first-order valence-corrected chi connectivity index (χ1v) is 13.7. The first-order chi connectivity index (χ1) is 19.6. The van der Waals surface area contributed by atoms with Crippen LogP contribution >= 0.6 is 0 Å². The monoisotopic (exact) mass is 540 g/mol. The number of aromatic nitrogens is 8. The van der Waals surface area contributed by atoms with E-state index >= 15 is 0 Å². The lowest BCUT2D eigenvalue weighted by atomic mass is 9.88. The van der Waals surface area contributed by atoms with Crippen molar-refractivity contribution in [1.29, 1.82) is 0 Å². The number of H-pyrrole nitrogens is 1. The third-order valence-corrected chi connectivity index (χ3v) is 7.87. The van der Waals surface area contributed by atoms with Gasteiger partial charge >= 0.3 is 5.69 Å². The van der Waals surface area contributed by atoms with Crippen molar-refractivity contribution in [1.82, 2.24) is 39.3 Å². The Balaban J connectivity index is 1.43. The summed E-state index contributed by atoms with van der Waals surface area (Å²) in [7, 11) is 3.13. The second-order valence-electron chi connectivity index (χ2n) is 10.3. The van der Waals surface area contributed by atoms with Gasteiger partial charge in [-0.3, -0.25) is 13.9 Å². The van der Waals surface area contributed by atoms with Crippen LogP contribution in [-0.2, 0) is 24.9 Å². The SMILES string of the molecule is COCCn1c(=O)n(C)c(=O)c2c1nc(C1CCCCC1)n2Cc1ccc(-c2ccccc2-c2nn[nH]n2)cc1. The molecule has 0 unspecified atom stereocenters. The van der Waals surface area contributed by atoms with E-state index in [1.54, 1.807) is 11.7 Å². The molecule has 40 heavy (non-hydrogen) atoms. The molecule has 1 N–H and O–H groups in total. The largest absolute Gasteiger partial charge is 0.383 e. The molecule has 3 heterocycles. The van der Waals surface area contributed by atoms with E-state index in [0.717, 1.165) is 53.8 Å². The molecule has 0 saturated heterocycles. The molecule has 206 valence electrons. The van der Waals surface area contributed by atoms with Gasteiger partial charge in [0.1, 0.15) is 5.82 Å². The molecule has 0 aliphatic heterocycles. The summed E-state index contributed by atoms with van der Waals surface area (Å²) in [6.45, 7) is 1.16. The molecule has 0 spiro atoms. The van der Waals surface area contributed by atoms with Gasteiger partial charge in [0.15, 0.2) is 11.2 Å². The Morgan fingerprint density at radius 2 is 1.73 bits per heavy atom. The summed E-state index contributed by atoms with van der Waals surface area (Å²) < 4.78 is 10.0. The third-order valence-electron chi connectivity index (χ3n) is 7.87. The number of aromatic amines is 1. The molecular formula is C29H32N8O3. The smallest absolute Gasteiger partial charge is 0.332 e. The Labute approximate surface area is 230 Å². The molecule has 11 heteroatoms. The third kappa shape index (κ3) is 4.66. The molecule has 2 aromatic carbocycles. The molecule has 11 nitrogen and oxygen atoms in total. The minimum absolute atomic E-state index is 0.248. The Bertz CT molecular complexity index is 1740. The molecule has 5 aromatic rings. The van der Waals surface area contributed by atoms with E-state index in [0.29, 0.717) is 36.7 Å². The molecule has 1 aliphatic carbocycles. The van der Waals surface area contributed by atoms with Crippen LogP contribution in [0.5, 0.6) is 0 Å². The summed E-state index contributed by atoms with van der Waals surface area (Å²) in [5.74, 6) is 1.67. The van der Waals surface area contributed by atoms with Crippen LogP contribution in [0.1, 0.15) is 49.4 Å². The lowest BCUT2D eigenvalue weighted by molar-refractivity contribution is 0.186. The van der Waals surface area contributed by atoms with E-state index in [4.69, 9.17) is 9.72 Å². The fraction of sp³-hybridized carbons (Fsp3) is 0.379. The summed E-state index contributed by atoms with van der Waals surface area (Å²) >= 11 is 0. The molecule has 0 radical (unpaired) electrons. The van der Waals surface area contributed by atoms with Crippen molar-refractivity contribution in [2.45, 2.75) is 51.1 Å². The predicted octanol–water partition coefficient (Wildman–Crippen LogP) is 3.49. The lowest BCUT2D eigenvalue weighted by Gasteiger charge is -2.22. The number of ether oxygens (including phenoxy) is 1. The minimum atomic E-state index is -0.376. The van der Waals surface area contributed by atoms with Gasteiger partial charge in [-0.05, 0) is 34.7 Å². The number of benzene rings is 2. The van der Waals surface area contributed by atoms with Gasteiger partial charge in [0.25, 0.3) is 5.56 Å². The molecular weight excluding hydrogens is 508 g/mol. The van der Waals surface area contributed by atoms with Gasteiger partial charge in [-0.25, -0.2) is 9.78 Å². The van der Waals surface area contributed by atoms with E-state index in [1.807, 2.05) is 28.8 Å². The number of nitrogens with zero attached hydrogens (tertiary/aromatic N) is 7. The predicted molar refractivity (Wildman–Crippen MR) is 151 cm³/mol. The number of fused-ring (bicyclic) bond motifs is 1. The molecule has 1 aliphatic rings. The maximum absolute atomic E-state index is 13.5. The van der Waals surface area contributed by atoms with E-state index < -0.39 is 0 Å². The fourth-order valence-corrected chi connectivity index (χ4v) is 5.77. The number of nitrogens with one attached hydrogen (secondary N) is 1. The van der Waals surface area contributed by atoms with E-state index in [2.05, 4.69) is 44.9 Å². The van der Waals surface area contributed by atoms with Crippen LogP contribution in [0.15, 0.2) is 58.1 Å². The minimum Gasteiger partial charge on any atom is -0.383 e. The highest BCUT2D eigenvalue weighted by atomic mass is 16.5. The first kappa shape index (κ1) is 25.9. The summed E-state index contributed by atoms with van der Waals surface area (Å²) in [5, 5.41) is 14.5. The van der Waals surface area contributed by atoms with Crippen molar-refractivity contribution in [2.75, 3.05) is 13.7 Å². The highest BCUT2D eigenvalue weighted by molar-refractivity contribution is 5.80. The second kappa shape index (κ2) is 11.0. The van der Waals surface area contributed by atoms with Gasteiger partial charge in [0, 0.05) is 32.2 Å². The number of hydrogen-bond acceptors (Lipinski definition) is 7. The quantitative estimate of drug-likeness (QED) is 0.319. The lowest BCUT2D eigenvalue weighted by Crippen LogP contribution is -2.39. The van der Waals surface area contributed by atoms with E-state index in [1.165, 1.54) is 18.0 Å². The molecule has 1 saturated carbocycles. The maximum atomic E-state index is 13.5. The summed E-state index contributed by atoms with van der Waals surface area (Å²) in [5.41, 5.74) is 4.16. The molecule has 6 rings (SSSR count). The standard InChI is InChI=1S/C29H32N8O3/c1-35-28(38)24-27(36(29(35)39)16-17-40-2)30-26(21-8-4-3-5-9-21)37(24)18-19-12-14-20(15-13-19)22-10-6-7-11-23(22)25-31-33-34-32-25/h6-7,10-15,21H,3-5,8-9,16-18H2,1-2H3,(H,31,32,33,34). The number of tetrazole rings is 1. The number of hydrogen-bond donors (Lipinski definition) is 1. The van der Waals surface area contributed by atoms with Crippen molar-refractivity contribution >= 4 is 11.2 Å². The zero-order valence-corrected chi connectivity index (χ0v) is 22.7. The van der Waals surface area contributed by atoms with Gasteiger partial charge in [0.05, 0.1) is 13.2 Å². The van der Waals surface area contributed by atoms with E-state index in [9.17, 15) is 9.59 Å². The summed E-state index contributed by atoms with van der Waals surface area (Å²) in [6, 6.07) is 16.2. The highest BCUT2D eigenvalue weighted by Gasteiger charge is 2.26. The molecule has 0 atom stereocenters. The van der Waals surface area contributed by atoms with Crippen LogP contribution in [0.2, 0.25) is 0 Å². The van der Waals surface area contributed by atoms with Gasteiger partial charge in [-0.1, -0.05) is 67.8 Å². The van der Waals surface area contributed by atoms with Crippen molar-refractivity contribution in [3.63, 3.8) is 0 Å². The van der Waals surface area contributed by atoms with Crippen LogP contribution in [0.3, 0.4) is 0 Å². The van der Waals surface area contributed by atoms with E-state index in [-0.39, 0.29) is 17.2 Å². The average molecular weight is 541 g/mol. The van der Waals surface area contributed by atoms with Crippen LogP contribution in [0, 0.1) is 0 Å². The summed E-state index contributed by atoms with van der Waals surface area (Å²) in [4.78, 5) is 31.6. The molecule has 0 bridgehead atoms. The van der Waals surface area contributed by atoms with Crippen molar-refractivity contribution in [2.24, 2.45) is 7.05 Å². The number of imidazole rings is 1.